The Morgan fingerprint density at radius 2 is 1.72 bits per heavy atom. The summed E-state index contributed by atoms with van der Waals surface area (Å²) in [5.41, 5.74) is -1.10. The molecule has 6 heteroatoms. The van der Waals surface area contributed by atoms with Gasteiger partial charge >= 0.3 is 0 Å². The molecule has 7 unspecified atom stereocenters. The van der Waals surface area contributed by atoms with E-state index in [1.54, 1.807) is 0 Å². The lowest BCUT2D eigenvalue weighted by Gasteiger charge is -2.63. The second kappa shape index (κ2) is 8.02. The van der Waals surface area contributed by atoms with Gasteiger partial charge in [0.15, 0.2) is 0 Å². The fourth-order valence-corrected chi connectivity index (χ4v) is 11.0. The van der Waals surface area contributed by atoms with Crippen molar-refractivity contribution in [3.8, 4) is 0 Å². The number of carbonyl (C=O) groups is 2. The molecule has 5 saturated carbocycles. The molecule has 204 valence electrons. The number of Topliss-reactive ketones (excluding diaryl/α,β-unsaturated/α-hetero) is 1. The standard InChI is InChI=1S/C30H50N2O4/c1-17(2)25(36)31-22-11-12-29-15-30(29)21(10-9-20(29)26(22,4)16-33)27(5)13-19(34)24(18(3)32(7)8)28(27,6)14-23(30)35/h17-22,24,33-34H,9-16H2,1-8H3,(H,31,36)/t18-,19?,20?,21?,22?,24-,26?,27?,28+,29+,30?/m0/s1. The Bertz CT molecular complexity index is 951. The van der Waals surface area contributed by atoms with E-state index in [1.807, 2.05) is 13.8 Å². The highest BCUT2D eigenvalue weighted by molar-refractivity contribution is 5.92. The third-order valence-corrected chi connectivity index (χ3v) is 13.2. The number of rotatable bonds is 5. The Morgan fingerprint density at radius 1 is 1.08 bits per heavy atom. The Kier molecular flexibility index (Phi) is 5.93. The SMILES string of the molecule is CC(C)C(=O)NC1CC[C@]23CC24C(=O)C[C@]2(C)[C@@H]([C@H](C)N(C)C)C(O)CC2(C)C4CCC3C1(C)CO. The zero-order chi connectivity index (χ0) is 26.6. The van der Waals surface area contributed by atoms with E-state index in [1.165, 1.54) is 0 Å². The summed E-state index contributed by atoms with van der Waals surface area (Å²) in [7, 11) is 4.16. The van der Waals surface area contributed by atoms with Crippen molar-refractivity contribution >= 4 is 11.7 Å². The molecule has 5 aliphatic rings. The van der Waals surface area contributed by atoms with Crippen molar-refractivity contribution < 1.29 is 19.8 Å². The first kappa shape index (κ1) is 26.6. The predicted octanol–water partition coefficient (Wildman–Crippen LogP) is 3.64. The van der Waals surface area contributed by atoms with E-state index in [4.69, 9.17) is 0 Å². The van der Waals surface area contributed by atoms with Crippen LogP contribution in [-0.4, -0.2) is 65.7 Å². The highest BCUT2D eigenvalue weighted by Gasteiger charge is 2.86. The van der Waals surface area contributed by atoms with E-state index in [0.29, 0.717) is 12.2 Å². The van der Waals surface area contributed by atoms with Crippen LogP contribution in [0.2, 0.25) is 0 Å². The van der Waals surface area contributed by atoms with Crippen LogP contribution in [0.25, 0.3) is 0 Å². The molecule has 0 bridgehead atoms. The van der Waals surface area contributed by atoms with Crippen molar-refractivity contribution in [2.45, 2.75) is 105 Å². The second-order valence-electron chi connectivity index (χ2n) is 14.8. The molecule has 5 rings (SSSR count). The van der Waals surface area contributed by atoms with Crippen molar-refractivity contribution in [1.29, 1.82) is 0 Å². The molecule has 5 fully saturated rings. The van der Waals surface area contributed by atoms with Crippen molar-refractivity contribution in [3.63, 3.8) is 0 Å². The van der Waals surface area contributed by atoms with E-state index in [0.717, 1.165) is 38.5 Å². The molecular weight excluding hydrogens is 452 g/mol. The Labute approximate surface area is 218 Å². The smallest absolute Gasteiger partial charge is 0.222 e. The van der Waals surface area contributed by atoms with Gasteiger partial charge in [0.1, 0.15) is 5.78 Å². The van der Waals surface area contributed by atoms with Gasteiger partial charge in [0.2, 0.25) is 5.91 Å². The van der Waals surface area contributed by atoms with Gasteiger partial charge in [-0.3, -0.25) is 9.59 Å². The summed E-state index contributed by atoms with van der Waals surface area (Å²) in [6.07, 6.45) is 5.60. The maximum atomic E-state index is 14.4. The van der Waals surface area contributed by atoms with E-state index in [9.17, 15) is 19.8 Å². The summed E-state index contributed by atoms with van der Waals surface area (Å²) in [5, 5.41) is 25.5. The Balaban J connectivity index is 1.51. The minimum Gasteiger partial charge on any atom is -0.396 e. The zero-order valence-electron chi connectivity index (χ0n) is 23.9. The van der Waals surface area contributed by atoms with Gasteiger partial charge in [0, 0.05) is 41.2 Å². The summed E-state index contributed by atoms with van der Waals surface area (Å²) >= 11 is 0. The third-order valence-electron chi connectivity index (χ3n) is 13.2. The van der Waals surface area contributed by atoms with Gasteiger partial charge < -0.3 is 20.4 Å². The Morgan fingerprint density at radius 3 is 2.31 bits per heavy atom. The van der Waals surface area contributed by atoms with Gasteiger partial charge in [-0.2, -0.15) is 0 Å². The molecule has 1 amide bonds. The van der Waals surface area contributed by atoms with Crippen molar-refractivity contribution in [1.82, 2.24) is 10.2 Å². The number of hydrogen-bond donors (Lipinski definition) is 3. The molecule has 0 aromatic heterocycles. The Hall–Kier alpha value is -0.980. The van der Waals surface area contributed by atoms with Gasteiger partial charge in [-0.15, -0.1) is 0 Å². The second-order valence-corrected chi connectivity index (χ2v) is 14.8. The van der Waals surface area contributed by atoms with Crippen LogP contribution >= 0.6 is 0 Å². The van der Waals surface area contributed by atoms with Gasteiger partial charge in [0.05, 0.1) is 12.7 Å². The minimum atomic E-state index is -0.420. The van der Waals surface area contributed by atoms with E-state index < -0.39 is 11.5 Å². The molecule has 36 heavy (non-hydrogen) atoms. The molecule has 0 aliphatic heterocycles. The molecule has 5 aliphatic carbocycles. The highest BCUT2D eigenvalue weighted by Crippen LogP contribution is 2.87. The number of hydrogen-bond acceptors (Lipinski definition) is 5. The fraction of sp³-hybridized carbons (Fsp3) is 0.933. The molecule has 0 saturated heterocycles. The normalized spacial score (nSPS) is 52.3. The zero-order valence-corrected chi connectivity index (χ0v) is 23.9. The van der Waals surface area contributed by atoms with Crippen molar-refractivity contribution in [2.75, 3.05) is 20.7 Å². The summed E-state index contributed by atoms with van der Waals surface area (Å²) < 4.78 is 0. The lowest BCUT2D eigenvalue weighted by atomic mass is 9.41. The number of nitrogens with zero attached hydrogens (tertiary/aromatic N) is 1. The maximum absolute atomic E-state index is 14.4. The van der Waals surface area contributed by atoms with E-state index in [-0.39, 0.29) is 69.9 Å². The van der Waals surface area contributed by atoms with Gasteiger partial charge in [-0.05, 0) is 87.6 Å². The van der Waals surface area contributed by atoms with E-state index in [2.05, 4.69) is 52.0 Å². The average molecular weight is 503 g/mol. The maximum Gasteiger partial charge on any atom is 0.222 e. The lowest BCUT2D eigenvalue weighted by Crippen LogP contribution is -2.64. The van der Waals surface area contributed by atoms with Crippen LogP contribution in [0, 0.1) is 50.7 Å². The summed E-state index contributed by atoms with van der Waals surface area (Å²) in [6, 6.07) is 0.149. The van der Waals surface area contributed by atoms with Crippen molar-refractivity contribution in [2.24, 2.45) is 50.7 Å². The summed E-state index contributed by atoms with van der Waals surface area (Å²) in [5.74, 6) is 0.982. The summed E-state index contributed by atoms with van der Waals surface area (Å²) in [4.78, 5) is 29.2. The molecule has 0 aromatic rings. The first-order valence-corrected chi connectivity index (χ1v) is 14.5. The summed E-state index contributed by atoms with van der Waals surface area (Å²) in [6.45, 7) is 12.9. The van der Waals surface area contributed by atoms with Gasteiger partial charge in [0.25, 0.3) is 0 Å². The van der Waals surface area contributed by atoms with Gasteiger partial charge in [-0.25, -0.2) is 0 Å². The number of nitrogens with one attached hydrogen (secondary N) is 1. The molecule has 0 radical (unpaired) electrons. The lowest BCUT2D eigenvalue weighted by molar-refractivity contribution is -0.173. The third kappa shape index (κ3) is 2.96. The van der Waals surface area contributed by atoms with Crippen LogP contribution in [0.15, 0.2) is 0 Å². The van der Waals surface area contributed by atoms with Crippen LogP contribution in [0.4, 0.5) is 0 Å². The molecule has 2 spiro atoms. The first-order chi connectivity index (χ1) is 16.7. The van der Waals surface area contributed by atoms with Crippen LogP contribution in [0.3, 0.4) is 0 Å². The molecule has 11 atom stereocenters. The monoisotopic (exact) mass is 502 g/mol. The van der Waals surface area contributed by atoms with Crippen LogP contribution < -0.4 is 5.32 Å². The van der Waals surface area contributed by atoms with E-state index >= 15 is 0 Å². The number of amides is 1. The largest absolute Gasteiger partial charge is 0.396 e. The van der Waals surface area contributed by atoms with Crippen LogP contribution in [0.1, 0.15) is 86.5 Å². The fourth-order valence-electron chi connectivity index (χ4n) is 11.0. The molecule has 3 N–H and O–H groups in total. The number of aliphatic hydroxyl groups is 2. The van der Waals surface area contributed by atoms with Gasteiger partial charge in [-0.1, -0.05) is 34.6 Å². The minimum absolute atomic E-state index is 0.0352. The molecular formula is C30H50N2O4. The average Bonchev–Trinajstić information content (AvgIpc) is 3.44. The van der Waals surface area contributed by atoms with Crippen LogP contribution in [0.5, 0.6) is 0 Å². The topological polar surface area (TPSA) is 89.9 Å². The molecule has 6 nitrogen and oxygen atoms in total. The quantitative estimate of drug-likeness (QED) is 0.534. The first-order valence-electron chi connectivity index (χ1n) is 14.5. The molecule has 0 heterocycles. The number of ketones is 1. The number of aliphatic hydroxyl groups excluding tert-OH is 2. The predicted molar refractivity (Wildman–Crippen MR) is 140 cm³/mol. The van der Waals surface area contributed by atoms with Crippen molar-refractivity contribution in [3.05, 3.63) is 0 Å². The van der Waals surface area contributed by atoms with Crippen LogP contribution in [-0.2, 0) is 9.59 Å². The number of carbonyl (C=O) groups excluding carboxylic acids is 2. The highest BCUT2D eigenvalue weighted by atomic mass is 16.3. The number of fused-ring (bicyclic) bond motifs is 2. The molecule has 0 aromatic carbocycles.